The number of halogens is 3. The van der Waals surface area contributed by atoms with Gasteiger partial charge in [0.05, 0.1) is 17.1 Å². The van der Waals surface area contributed by atoms with Crippen molar-refractivity contribution in [1.82, 2.24) is 34.9 Å². The molecule has 3 aromatic carbocycles. The third-order valence-corrected chi connectivity index (χ3v) is 13.9. The number of hydrogen-bond donors (Lipinski definition) is 6. The molecule has 7 amide bonds. The number of alkyl halides is 3. The van der Waals surface area contributed by atoms with Gasteiger partial charge in [0.2, 0.25) is 41.4 Å². The monoisotopic (exact) mass is 1020 g/mol. The molecule has 0 radical (unpaired) electrons. The summed E-state index contributed by atoms with van der Waals surface area (Å²) >= 11 is 0. The summed E-state index contributed by atoms with van der Waals surface area (Å²) in [5.41, 5.74) is 15.6. The molecule has 0 aliphatic carbocycles. The van der Waals surface area contributed by atoms with E-state index >= 15 is 0 Å². The summed E-state index contributed by atoms with van der Waals surface area (Å²) in [6.45, 7) is 1.98. The van der Waals surface area contributed by atoms with Crippen molar-refractivity contribution in [2.75, 3.05) is 31.1 Å². The fraction of sp³-hybridized carbons (Fsp3) is 0.460. The molecule has 4 aromatic rings. The van der Waals surface area contributed by atoms with Crippen molar-refractivity contribution in [3.8, 4) is 0 Å². The van der Waals surface area contributed by atoms with E-state index in [2.05, 4.69) is 20.9 Å². The predicted octanol–water partition coefficient (Wildman–Crippen LogP) is 2.13. The van der Waals surface area contributed by atoms with Crippen LogP contribution in [0.3, 0.4) is 0 Å². The lowest BCUT2D eigenvalue weighted by molar-refractivity contribution is -0.192. The Balaban J connectivity index is 0.00000104. The van der Waals surface area contributed by atoms with Crippen molar-refractivity contribution in [2.24, 2.45) is 24.4 Å². The lowest BCUT2D eigenvalue weighted by atomic mass is 9.93. The van der Waals surface area contributed by atoms with Gasteiger partial charge in [-0.3, -0.25) is 48.0 Å². The Morgan fingerprint density at radius 3 is 2.08 bits per heavy atom. The first-order chi connectivity index (χ1) is 34.7. The number of nitrogens with one attached hydrogen (secondary N) is 3. The average Bonchev–Trinajstić information content (AvgIpc) is 3.87. The molecule has 390 valence electrons. The lowest BCUT2D eigenvalue weighted by Crippen LogP contribution is -2.60. The normalized spacial score (nSPS) is 20.7. The number of anilines is 1. The van der Waals surface area contributed by atoms with Gasteiger partial charge in [-0.2, -0.15) is 13.2 Å². The van der Waals surface area contributed by atoms with Crippen molar-refractivity contribution in [1.29, 1.82) is 0 Å². The summed E-state index contributed by atoms with van der Waals surface area (Å²) in [5.74, 6) is -5.33. The number of amides is 7. The first kappa shape index (κ1) is 53.2. The van der Waals surface area contributed by atoms with Crippen LogP contribution >= 0.6 is 0 Å². The van der Waals surface area contributed by atoms with Gasteiger partial charge in [0.15, 0.2) is 0 Å². The number of aliphatic carboxylic acids is 1. The molecule has 4 aliphatic rings. The molecule has 1 unspecified atom stereocenters. The van der Waals surface area contributed by atoms with Crippen LogP contribution in [0.4, 0.5) is 18.9 Å². The number of benzene rings is 3. The molecule has 1 aromatic heterocycles. The number of aryl methyl sites for hydroxylation is 1. The average molecular weight is 1020 g/mol. The number of carbonyl (C=O) groups excluding carboxylic acids is 7. The quantitative estimate of drug-likeness (QED) is 0.0935. The number of imide groups is 1. The Labute approximate surface area is 417 Å². The molecule has 20 nitrogen and oxygen atoms in total. The molecular weight excluding hydrogens is 958 g/mol. The Kier molecular flexibility index (Phi) is 16.7. The van der Waals surface area contributed by atoms with E-state index in [1.165, 1.54) is 14.0 Å². The van der Waals surface area contributed by atoms with Gasteiger partial charge >= 0.3 is 17.8 Å². The summed E-state index contributed by atoms with van der Waals surface area (Å²) < 4.78 is 34.7. The second kappa shape index (κ2) is 22.9. The number of aromatic nitrogens is 2. The summed E-state index contributed by atoms with van der Waals surface area (Å²) in [4.78, 5) is 119. The number of imidazole rings is 1. The zero-order chi connectivity index (χ0) is 52.7. The molecule has 5 atom stereocenters. The highest BCUT2D eigenvalue weighted by Crippen LogP contribution is 2.33. The molecule has 0 bridgehead atoms. The van der Waals surface area contributed by atoms with Crippen LogP contribution in [0.1, 0.15) is 87.4 Å². The highest BCUT2D eigenvalue weighted by atomic mass is 19.4. The van der Waals surface area contributed by atoms with Crippen LogP contribution in [0.25, 0.3) is 11.0 Å². The third-order valence-electron chi connectivity index (χ3n) is 13.9. The molecule has 8 rings (SSSR count). The number of fused-ring (bicyclic) bond motifs is 2. The predicted molar refractivity (Wildman–Crippen MR) is 258 cm³/mol. The number of carboxylic acids is 1. The molecule has 73 heavy (non-hydrogen) atoms. The number of hydrogen-bond acceptors (Lipinski definition) is 11. The smallest absolute Gasteiger partial charge is 0.475 e. The minimum atomic E-state index is -5.08. The van der Waals surface area contributed by atoms with Crippen LogP contribution in [0.15, 0.2) is 83.7 Å². The molecule has 0 saturated carbocycles. The zero-order valence-electron chi connectivity index (χ0n) is 40.1. The van der Waals surface area contributed by atoms with Gasteiger partial charge in [-0.25, -0.2) is 9.59 Å². The maximum absolute atomic E-state index is 14.0. The van der Waals surface area contributed by atoms with Crippen LogP contribution in [0.2, 0.25) is 0 Å². The maximum atomic E-state index is 14.0. The maximum Gasteiger partial charge on any atom is 0.490 e. The fourth-order valence-electron chi connectivity index (χ4n) is 10.0. The molecule has 4 fully saturated rings. The molecule has 4 saturated heterocycles. The van der Waals surface area contributed by atoms with Crippen LogP contribution in [0.5, 0.6) is 0 Å². The first-order valence-electron chi connectivity index (χ1n) is 24.2. The largest absolute Gasteiger partial charge is 0.490 e. The van der Waals surface area contributed by atoms with Gasteiger partial charge in [0.25, 0.3) is 0 Å². The van der Waals surface area contributed by atoms with Gasteiger partial charge in [-0.15, -0.1) is 0 Å². The number of primary amides is 1. The van der Waals surface area contributed by atoms with E-state index in [1.807, 2.05) is 78.9 Å². The molecule has 0 spiro atoms. The van der Waals surface area contributed by atoms with Crippen LogP contribution in [-0.4, -0.2) is 128 Å². The van der Waals surface area contributed by atoms with Gasteiger partial charge in [0.1, 0.15) is 24.2 Å². The summed E-state index contributed by atoms with van der Waals surface area (Å²) in [6.07, 6.45) is -1.67. The van der Waals surface area contributed by atoms with Crippen molar-refractivity contribution >= 4 is 64.0 Å². The minimum absolute atomic E-state index is 0.0205. The summed E-state index contributed by atoms with van der Waals surface area (Å²) in [7, 11) is 1.67. The van der Waals surface area contributed by atoms with E-state index in [4.69, 9.17) is 21.4 Å². The van der Waals surface area contributed by atoms with E-state index in [9.17, 15) is 51.5 Å². The SMILES string of the molecule is Cn1c(=O)n(C2CCC(=O)NC2=O)c2ccc(N3CC(CCCC(=O)N4CC[C@H]5CC[C@@H](C(=O)N[C@@H](CCC(N)=O)C(=O)NC(c6ccccc6)c6ccccc6)N5C(=O)[C@@H](N)C4)C3)cc21.O=C(O)C(F)(F)F. The third kappa shape index (κ3) is 12.6. The van der Waals surface area contributed by atoms with Crippen molar-refractivity contribution < 1.29 is 56.6 Å². The highest BCUT2D eigenvalue weighted by Gasteiger charge is 2.45. The van der Waals surface area contributed by atoms with Crippen molar-refractivity contribution in [2.45, 2.75) is 107 Å². The van der Waals surface area contributed by atoms with Gasteiger partial charge in [-0.1, -0.05) is 60.7 Å². The standard InChI is InChI=1S/C48H58N10O8.C2HF3O2/c1-54-39-25-33(16-18-36(39)58(48(54)66)38-20-22-41(60)52-46(38)64)56-26-29(27-56)9-8-14-42(61)55-24-23-32-15-19-37(57(32)47(65)34(49)28-55)45(63)51-35(17-21-40(50)59)44(62)53-43(30-10-4-2-5-11-30)31-12-6-3-7-13-31;3-2(4,5)1(6)7/h2-7,10-13,16,18,25,29,32,34-35,37-38,43H,8-9,14-15,17,19-24,26-28,49H2,1H3,(H2,50,59)(H,51,63)(H,53,62)(H,52,60,64);(H,6,7)/t32-,34+,35+,37+,38?;/m1./s1. The Bertz CT molecular complexity index is 2740. The molecule has 4 aliphatic heterocycles. The number of nitrogens with two attached hydrogens (primary N) is 2. The minimum Gasteiger partial charge on any atom is -0.475 e. The molecule has 5 heterocycles. The number of carboxylic acid groups (broad SMARTS) is 1. The Morgan fingerprint density at radius 1 is 0.836 bits per heavy atom. The van der Waals surface area contributed by atoms with Gasteiger partial charge in [-0.05, 0) is 80.2 Å². The van der Waals surface area contributed by atoms with Crippen LogP contribution in [0, 0.1) is 5.92 Å². The lowest BCUT2D eigenvalue weighted by Gasteiger charge is -2.41. The van der Waals surface area contributed by atoms with E-state index in [-0.39, 0.29) is 55.8 Å². The number of rotatable bonds is 15. The topological polar surface area (TPSA) is 282 Å². The van der Waals surface area contributed by atoms with Crippen molar-refractivity contribution in [3.63, 3.8) is 0 Å². The summed E-state index contributed by atoms with van der Waals surface area (Å²) in [5, 5.41) is 15.4. The number of carbonyl (C=O) groups is 8. The second-order valence-electron chi connectivity index (χ2n) is 18.9. The highest BCUT2D eigenvalue weighted by molar-refractivity contribution is 6.00. The zero-order valence-corrected chi connectivity index (χ0v) is 40.1. The van der Waals surface area contributed by atoms with Gasteiger partial charge < -0.3 is 41.9 Å². The second-order valence-corrected chi connectivity index (χ2v) is 18.9. The van der Waals surface area contributed by atoms with E-state index in [0.29, 0.717) is 55.6 Å². The molecule has 23 heteroatoms. The number of nitrogens with zero attached hydrogens (tertiary/aromatic N) is 5. The molecule has 8 N–H and O–H groups in total. The van der Waals surface area contributed by atoms with Crippen molar-refractivity contribution in [3.05, 3.63) is 100 Å². The number of piperidine rings is 1. The Morgan fingerprint density at radius 2 is 1.48 bits per heavy atom. The van der Waals surface area contributed by atoms with Crippen LogP contribution < -0.4 is 38.0 Å². The van der Waals surface area contributed by atoms with Gasteiger partial charge in [0, 0.05) is 64.2 Å². The van der Waals surface area contributed by atoms with E-state index < -0.39 is 71.9 Å². The van der Waals surface area contributed by atoms with E-state index in [0.717, 1.165) is 36.3 Å². The van der Waals surface area contributed by atoms with E-state index in [1.54, 1.807) is 11.9 Å². The first-order valence-corrected chi connectivity index (χ1v) is 24.2. The molecular formula is C50H59F3N10O10. The fourth-order valence-corrected chi connectivity index (χ4v) is 10.0. The Hall–Kier alpha value is -7.56. The van der Waals surface area contributed by atoms with Crippen LogP contribution in [-0.2, 0) is 45.4 Å². The summed E-state index contributed by atoms with van der Waals surface area (Å²) in [6, 6.07) is 19.9.